The molecule has 0 aromatic heterocycles. The maximum absolute atomic E-state index is 13.2. The summed E-state index contributed by atoms with van der Waals surface area (Å²) in [6.45, 7) is 1.45. The summed E-state index contributed by atoms with van der Waals surface area (Å²) in [6.07, 6.45) is -6.01. The first-order chi connectivity index (χ1) is 14.6. The van der Waals surface area contributed by atoms with E-state index in [1.165, 1.54) is 13.2 Å². The van der Waals surface area contributed by atoms with E-state index in [1.54, 1.807) is 6.08 Å². The summed E-state index contributed by atoms with van der Waals surface area (Å²) in [4.78, 5) is 0. The van der Waals surface area contributed by atoms with Gasteiger partial charge in [0.15, 0.2) is 0 Å². The van der Waals surface area contributed by atoms with Crippen LogP contribution in [-0.2, 0) is 22.5 Å². The maximum Gasteiger partial charge on any atom is 0.416 e. The van der Waals surface area contributed by atoms with Crippen molar-refractivity contribution in [2.75, 3.05) is 20.2 Å². The Morgan fingerprint density at radius 3 is 1.94 bits per heavy atom. The third kappa shape index (κ3) is 5.30. The molecule has 1 unspecified atom stereocenters. The second-order valence-electron chi connectivity index (χ2n) is 7.63. The van der Waals surface area contributed by atoms with Gasteiger partial charge in [0.25, 0.3) is 0 Å². The summed E-state index contributed by atoms with van der Waals surface area (Å²) in [5, 5.41) is 3.28. The van der Waals surface area contributed by atoms with Crippen LogP contribution in [0.5, 0.6) is 0 Å². The highest BCUT2D eigenvalue weighted by molar-refractivity contribution is 5.54. The zero-order valence-corrected chi connectivity index (χ0v) is 16.9. The van der Waals surface area contributed by atoms with Gasteiger partial charge in [-0.2, -0.15) is 26.3 Å². The Morgan fingerprint density at radius 1 is 0.903 bits per heavy atom. The Labute approximate surface area is 176 Å². The fraction of sp³-hybridized carbons (Fsp3) is 0.391. The van der Waals surface area contributed by atoms with E-state index >= 15 is 0 Å². The zero-order valence-electron chi connectivity index (χ0n) is 16.9. The van der Waals surface area contributed by atoms with E-state index in [2.05, 4.69) is 5.32 Å². The molecular weight excluding hydrogens is 420 g/mol. The molecule has 0 saturated carbocycles. The van der Waals surface area contributed by atoms with Crippen LogP contribution in [-0.4, -0.2) is 26.3 Å². The van der Waals surface area contributed by atoms with Gasteiger partial charge in [-0.1, -0.05) is 42.5 Å². The van der Waals surface area contributed by atoms with Crippen molar-refractivity contribution in [3.05, 3.63) is 76.9 Å². The van der Waals surface area contributed by atoms with Crippen molar-refractivity contribution < 1.29 is 31.1 Å². The minimum Gasteiger partial charge on any atom is -0.376 e. The second-order valence-corrected chi connectivity index (χ2v) is 7.63. The third-order valence-electron chi connectivity index (χ3n) is 5.72. The van der Waals surface area contributed by atoms with Gasteiger partial charge >= 0.3 is 12.4 Å². The summed E-state index contributed by atoms with van der Waals surface area (Å²) in [5.41, 5.74) is -2.27. The standard InChI is InChI=1S/C23H23F6NO/c1-31-20(21(9-11-30-12-10-21)17-5-3-2-4-6-17)8-7-16-13-18(22(24,25)26)15-19(14-16)23(27,28)29/h2-8,13-15,20,30H,9-12H2,1H3/b8-7+. The summed E-state index contributed by atoms with van der Waals surface area (Å²) >= 11 is 0. The average molecular weight is 443 g/mol. The first kappa shape index (κ1) is 23.3. The highest BCUT2D eigenvalue weighted by atomic mass is 19.4. The molecule has 0 aliphatic carbocycles. The average Bonchev–Trinajstić information content (AvgIpc) is 2.74. The quantitative estimate of drug-likeness (QED) is 0.566. The van der Waals surface area contributed by atoms with Gasteiger partial charge in [0.05, 0.1) is 17.2 Å². The molecule has 8 heteroatoms. The third-order valence-corrected chi connectivity index (χ3v) is 5.72. The number of nitrogens with one attached hydrogen (secondary N) is 1. The molecular formula is C23H23F6NO. The number of hydrogen-bond donors (Lipinski definition) is 1. The number of methoxy groups -OCH3 is 1. The summed E-state index contributed by atoms with van der Waals surface area (Å²) in [7, 11) is 1.50. The van der Waals surface area contributed by atoms with E-state index in [9.17, 15) is 26.3 Å². The predicted octanol–water partition coefficient (Wildman–Crippen LogP) is 6.07. The van der Waals surface area contributed by atoms with E-state index in [1.807, 2.05) is 30.3 Å². The lowest BCUT2D eigenvalue weighted by atomic mass is 9.69. The molecule has 31 heavy (non-hydrogen) atoms. The first-order valence-electron chi connectivity index (χ1n) is 9.83. The lowest BCUT2D eigenvalue weighted by Crippen LogP contribution is -2.47. The van der Waals surface area contributed by atoms with E-state index < -0.39 is 35.0 Å². The topological polar surface area (TPSA) is 21.3 Å². The normalized spacial score (nSPS) is 18.3. The fourth-order valence-corrected chi connectivity index (χ4v) is 4.14. The van der Waals surface area contributed by atoms with Crippen molar-refractivity contribution in [2.24, 2.45) is 0 Å². The van der Waals surface area contributed by atoms with Gasteiger partial charge in [0, 0.05) is 12.5 Å². The summed E-state index contributed by atoms with van der Waals surface area (Å²) < 4.78 is 84.6. The van der Waals surface area contributed by atoms with Crippen molar-refractivity contribution in [3.8, 4) is 0 Å². The maximum atomic E-state index is 13.2. The Hall–Kier alpha value is -2.32. The Bertz CT molecular complexity index is 866. The molecule has 1 atom stereocenters. The largest absolute Gasteiger partial charge is 0.416 e. The van der Waals surface area contributed by atoms with Gasteiger partial charge < -0.3 is 10.1 Å². The lowest BCUT2D eigenvalue weighted by Gasteiger charge is -2.42. The SMILES string of the molecule is COC(/C=C/c1cc(C(F)(F)F)cc(C(F)(F)F)c1)C1(c2ccccc2)CCNCC1. The first-order valence-corrected chi connectivity index (χ1v) is 9.83. The molecule has 0 radical (unpaired) electrons. The highest BCUT2D eigenvalue weighted by Crippen LogP contribution is 2.40. The van der Waals surface area contributed by atoms with Gasteiger partial charge in [0.2, 0.25) is 0 Å². The smallest absolute Gasteiger partial charge is 0.376 e. The van der Waals surface area contributed by atoms with Crippen molar-refractivity contribution in [3.63, 3.8) is 0 Å². The van der Waals surface area contributed by atoms with Gasteiger partial charge in [-0.05, 0) is 55.3 Å². The van der Waals surface area contributed by atoms with Crippen LogP contribution >= 0.6 is 0 Å². The van der Waals surface area contributed by atoms with Crippen LogP contribution in [0, 0.1) is 0 Å². The molecule has 1 fully saturated rings. The van der Waals surface area contributed by atoms with E-state index in [0.717, 1.165) is 43.6 Å². The number of piperidine rings is 1. The predicted molar refractivity (Wildman–Crippen MR) is 107 cm³/mol. The second kappa shape index (κ2) is 9.04. The van der Waals surface area contributed by atoms with Crippen LogP contribution < -0.4 is 5.32 Å². The molecule has 1 saturated heterocycles. The Kier molecular flexibility index (Phi) is 6.81. The number of benzene rings is 2. The number of alkyl halides is 6. The minimum atomic E-state index is -4.88. The molecule has 2 nitrogen and oxygen atoms in total. The van der Waals surface area contributed by atoms with Crippen LogP contribution in [0.2, 0.25) is 0 Å². The molecule has 1 N–H and O–H groups in total. The molecule has 168 valence electrons. The molecule has 1 aliphatic rings. The molecule has 0 spiro atoms. The number of rotatable bonds is 5. The number of halogens is 6. The Balaban J connectivity index is 2.01. The van der Waals surface area contributed by atoms with Gasteiger partial charge in [-0.25, -0.2) is 0 Å². The van der Waals surface area contributed by atoms with Crippen LogP contribution in [0.1, 0.15) is 35.1 Å². The molecule has 1 aliphatic heterocycles. The molecule has 0 bridgehead atoms. The summed E-state index contributed by atoms with van der Waals surface area (Å²) in [6, 6.07) is 11.2. The highest BCUT2D eigenvalue weighted by Gasteiger charge is 2.41. The van der Waals surface area contributed by atoms with Gasteiger partial charge in [-0.3, -0.25) is 0 Å². The van der Waals surface area contributed by atoms with Gasteiger partial charge in [-0.15, -0.1) is 0 Å². The van der Waals surface area contributed by atoms with Crippen LogP contribution in [0.15, 0.2) is 54.6 Å². The molecule has 2 aromatic carbocycles. The van der Waals surface area contributed by atoms with Crippen molar-refractivity contribution in [1.29, 1.82) is 0 Å². The molecule has 0 amide bonds. The fourth-order valence-electron chi connectivity index (χ4n) is 4.14. The zero-order chi connectivity index (χ0) is 22.7. The number of ether oxygens (including phenoxy) is 1. The Morgan fingerprint density at radius 2 is 1.45 bits per heavy atom. The monoisotopic (exact) mass is 443 g/mol. The molecule has 2 aromatic rings. The minimum absolute atomic E-state index is 0.128. The van der Waals surface area contributed by atoms with Crippen molar-refractivity contribution in [1.82, 2.24) is 5.32 Å². The van der Waals surface area contributed by atoms with Crippen LogP contribution in [0.3, 0.4) is 0 Å². The van der Waals surface area contributed by atoms with Gasteiger partial charge in [0.1, 0.15) is 0 Å². The van der Waals surface area contributed by atoms with E-state index in [0.29, 0.717) is 0 Å². The van der Waals surface area contributed by atoms with Crippen molar-refractivity contribution >= 4 is 6.08 Å². The number of hydrogen-bond acceptors (Lipinski definition) is 2. The van der Waals surface area contributed by atoms with Crippen LogP contribution in [0.4, 0.5) is 26.3 Å². The van der Waals surface area contributed by atoms with Crippen molar-refractivity contribution in [2.45, 2.75) is 36.7 Å². The van der Waals surface area contributed by atoms with E-state index in [4.69, 9.17) is 4.74 Å². The van der Waals surface area contributed by atoms with Crippen LogP contribution in [0.25, 0.3) is 6.08 Å². The lowest BCUT2D eigenvalue weighted by molar-refractivity contribution is -0.143. The summed E-state index contributed by atoms with van der Waals surface area (Å²) in [5.74, 6) is 0. The van der Waals surface area contributed by atoms with E-state index in [-0.39, 0.29) is 11.6 Å². The molecule has 3 rings (SSSR count). The molecule has 1 heterocycles.